The van der Waals surface area contributed by atoms with E-state index in [1.807, 2.05) is 20.0 Å². The molecule has 0 aromatic carbocycles. The standard InChI is InChI=1S/C23H42O6Si3/c1-5-30(2,24)28-32(4,9-7-15-10-17-11-18(15)22-21(17)26-22)29-31(3,25)8-6-16-12-23-13-19(16)20(14-23)27-23/h15-22,24-25H,5-14H2,1-4H3. The maximum absolute atomic E-state index is 11.4. The number of ether oxygens (including phenoxy) is 2. The molecule has 4 saturated carbocycles. The van der Waals surface area contributed by atoms with E-state index in [0.717, 1.165) is 36.8 Å². The first-order valence-corrected chi connectivity index (χ1v) is 20.8. The smallest absolute Gasteiger partial charge is 0.323 e. The molecule has 6 nitrogen and oxygen atoms in total. The molecule has 5 bridgehead atoms. The third-order valence-corrected chi connectivity index (χ3v) is 20.7. The van der Waals surface area contributed by atoms with Crippen LogP contribution < -0.4 is 0 Å². The molecule has 0 radical (unpaired) electrons. The van der Waals surface area contributed by atoms with Crippen molar-refractivity contribution in [2.24, 2.45) is 29.6 Å². The summed E-state index contributed by atoms with van der Waals surface area (Å²) in [5.74, 6) is 3.58. The Morgan fingerprint density at radius 2 is 1.59 bits per heavy atom. The third kappa shape index (κ3) is 3.97. The molecule has 7 aliphatic rings. The van der Waals surface area contributed by atoms with Gasteiger partial charge in [0.25, 0.3) is 0 Å². The van der Waals surface area contributed by atoms with E-state index in [4.69, 9.17) is 17.7 Å². The van der Waals surface area contributed by atoms with E-state index in [9.17, 15) is 9.59 Å². The molecule has 182 valence electrons. The van der Waals surface area contributed by atoms with Gasteiger partial charge < -0.3 is 27.3 Å². The van der Waals surface area contributed by atoms with E-state index < -0.39 is 25.7 Å². The summed E-state index contributed by atoms with van der Waals surface area (Å²) in [6, 6.07) is 2.29. The Hall–Kier alpha value is 0.411. The van der Waals surface area contributed by atoms with Crippen molar-refractivity contribution in [3.63, 3.8) is 0 Å². The van der Waals surface area contributed by atoms with Crippen molar-refractivity contribution in [2.75, 3.05) is 0 Å². The third-order valence-electron chi connectivity index (χ3n) is 10.0. The van der Waals surface area contributed by atoms with Crippen LogP contribution in [-0.2, 0) is 17.7 Å². The predicted octanol–water partition coefficient (Wildman–Crippen LogP) is 4.01. The molecule has 7 rings (SSSR count). The Balaban J connectivity index is 1.07. The van der Waals surface area contributed by atoms with Crippen LogP contribution in [0, 0.1) is 29.6 Å². The van der Waals surface area contributed by atoms with Crippen molar-refractivity contribution in [2.45, 2.75) is 114 Å². The van der Waals surface area contributed by atoms with Crippen molar-refractivity contribution in [3.8, 4) is 0 Å². The Morgan fingerprint density at radius 3 is 2.19 bits per heavy atom. The number of epoxide rings is 1. The summed E-state index contributed by atoms with van der Waals surface area (Å²) in [6.07, 6.45) is 10.0. The van der Waals surface area contributed by atoms with Gasteiger partial charge in [-0.3, -0.25) is 0 Å². The van der Waals surface area contributed by atoms with Gasteiger partial charge in [0.2, 0.25) is 0 Å². The van der Waals surface area contributed by atoms with Crippen LogP contribution in [0.2, 0.25) is 37.8 Å². The zero-order valence-electron chi connectivity index (χ0n) is 20.2. The van der Waals surface area contributed by atoms with Gasteiger partial charge in [-0.25, -0.2) is 0 Å². The minimum absolute atomic E-state index is 0.205. The van der Waals surface area contributed by atoms with Gasteiger partial charge in [0, 0.05) is 6.42 Å². The van der Waals surface area contributed by atoms with Crippen molar-refractivity contribution >= 4 is 25.7 Å². The molecular weight excluding hydrogens is 457 g/mol. The second-order valence-corrected chi connectivity index (χ2v) is 23.0. The first kappa shape index (κ1) is 22.8. The summed E-state index contributed by atoms with van der Waals surface area (Å²) in [4.78, 5) is 22.3. The molecule has 3 saturated heterocycles. The predicted molar refractivity (Wildman–Crippen MR) is 128 cm³/mol. The number of fused-ring (bicyclic) bond motifs is 5. The van der Waals surface area contributed by atoms with E-state index in [0.29, 0.717) is 42.1 Å². The van der Waals surface area contributed by atoms with Crippen LogP contribution in [0.15, 0.2) is 0 Å². The van der Waals surface area contributed by atoms with Gasteiger partial charge in [-0.2, -0.15) is 0 Å². The lowest BCUT2D eigenvalue weighted by atomic mass is 9.79. The summed E-state index contributed by atoms with van der Waals surface area (Å²) in [5, 5.41) is 0. The van der Waals surface area contributed by atoms with Gasteiger partial charge in [-0.15, -0.1) is 0 Å². The van der Waals surface area contributed by atoms with Gasteiger partial charge in [0.15, 0.2) is 0 Å². The Bertz CT molecular complexity index is 758. The molecule has 4 aliphatic carbocycles. The SMILES string of the molecule is CC[Si](C)(O)O[Si](C)(CCC1CC2CC1C1OC21)O[Si](C)(O)CCC1CC23CC(O2)C1C3. The van der Waals surface area contributed by atoms with E-state index in [1.165, 1.54) is 32.1 Å². The first-order chi connectivity index (χ1) is 15.0. The van der Waals surface area contributed by atoms with Crippen molar-refractivity contribution in [3.05, 3.63) is 0 Å². The Morgan fingerprint density at radius 1 is 0.875 bits per heavy atom. The minimum atomic E-state index is -2.87. The number of rotatable bonds is 11. The molecule has 32 heavy (non-hydrogen) atoms. The van der Waals surface area contributed by atoms with Crippen LogP contribution in [0.1, 0.15) is 51.9 Å². The van der Waals surface area contributed by atoms with Crippen LogP contribution >= 0.6 is 0 Å². The average molecular weight is 499 g/mol. The molecule has 1 spiro atoms. The summed E-state index contributed by atoms with van der Waals surface area (Å²) >= 11 is 0. The van der Waals surface area contributed by atoms with Crippen LogP contribution in [0.25, 0.3) is 0 Å². The second kappa shape index (κ2) is 7.46. The molecule has 0 aromatic heterocycles. The molecule has 9 heteroatoms. The van der Waals surface area contributed by atoms with Gasteiger partial charge >= 0.3 is 25.7 Å². The van der Waals surface area contributed by atoms with E-state index in [1.54, 1.807) is 0 Å². The minimum Gasteiger partial charge on any atom is -0.415 e. The van der Waals surface area contributed by atoms with Gasteiger partial charge in [0.05, 0.1) is 23.9 Å². The van der Waals surface area contributed by atoms with Crippen LogP contribution in [0.4, 0.5) is 0 Å². The lowest BCUT2D eigenvalue weighted by Crippen LogP contribution is -2.56. The molecule has 3 heterocycles. The molecule has 7 fully saturated rings. The van der Waals surface area contributed by atoms with Crippen LogP contribution in [0.5, 0.6) is 0 Å². The lowest BCUT2D eigenvalue weighted by molar-refractivity contribution is -0.192. The summed E-state index contributed by atoms with van der Waals surface area (Å²) in [5.41, 5.74) is 0.205. The molecule has 3 aliphatic heterocycles. The number of hydrogen-bond donors (Lipinski definition) is 2. The summed E-state index contributed by atoms with van der Waals surface area (Å²) in [7, 11) is -8.33. The molecule has 12 atom stereocenters. The van der Waals surface area contributed by atoms with Crippen molar-refractivity contribution < 1.29 is 27.3 Å². The van der Waals surface area contributed by atoms with Gasteiger partial charge in [-0.05, 0) is 106 Å². The highest BCUT2D eigenvalue weighted by atomic mass is 28.5. The highest BCUT2D eigenvalue weighted by Crippen LogP contribution is 2.64. The summed E-state index contributed by atoms with van der Waals surface area (Å²) in [6.45, 7) is 7.93. The maximum Gasteiger partial charge on any atom is 0.323 e. The monoisotopic (exact) mass is 498 g/mol. The Labute approximate surface area is 196 Å². The maximum atomic E-state index is 11.4. The molecule has 0 amide bonds. The van der Waals surface area contributed by atoms with E-state index >= 15 is 0 Å². The molecule has 0 aromatic rings. The summed E-state index contributed by atoms with van der Waals surface area (Å²) < 4.78 is 25.0. The van der Waals surface area contributed by atoms with Crippen LogP contribution in [-0.4, -0.2) is 59.2 Å². The fourth-order valence-corrected chi connectivity index (χ4v) is 20.0. The molecular formula is C23H42O6Si3. The van der Waals surface area contributed by atoms with Crippen LogP contribution in [0.3, 0.4) is 0 Å². The first-order valence-electron chi connectivity index (χ1n) is 13.2. The van der Waals surface area contributed by atoms with Crippen molar-refractivity contribution in [1.29, 1.82) is 0 Å². The van der Waals surface area contributed by atoms with Crippen molar-refractivity contribution in [1.82, 2.24) is 0 Å². The molecule has 2 N–H and O–H groups in total. The second-order valence-electron chi connectivity index (χ2n) is 12.7. The fraction of sp³-hybridized carbons (Fsp3) is 1.00. The Kier molecular flexibility index (Phi) is 5.32. The number of hydrogen-bond acceptors (Lipinski definition) is 6. The zero-order valence-corrected chi connectivity index (χ0v) is 23.2. The van der Waals surface area contributed by atoms with E-state index in [2.05, 4.69) is 6.55 Å². The van der Waals surface area contributed by atoms with Gasteiger partial charge in [0.1, 0.15) is 0 Å². The normalized spacial score (nSPS) is 50.4. The molecule has 12 unspecified atom stereocenters. The fourth-order valence-electron chi connectivity index (χ4n) is 8.38. The largest absolute Gasteiger partial charge is 0.415 e. The topological polar surface area (TPSA) is 80.7 Å². The quantitative estimate of drug-likeness (QED) is 0.331. The highest BCUT2D eigenvalue weighted by molar-refractivity contribution is 6.85. The zero-order chi connectivity index (χ0) is 22.5. The van der Waals surface area contributed by atoms with E-state index in [-0.39, 0.29) is 5.60 Å². The highest BCUT2D eigenvalue weighted by Gasteiger charge is 2.66. The average Bonchev–Trinajstić information content (AvgIpc) is 3.06. The lowest BCUT2D eigenvalue weighted by Gasteiger charge is -2.46. The van der Waals surface area contributed by atoms with Gasteiger partial charge in [-0.1, -0.05) is 6.92 Å².